The number of rotatable bonds is 11. The molecule has 25 heavy (non-hydrogen) atoms. The summed E-state index contributed by atoms with van der Waals surface area (Å²) in [5, 5.41) is 1.94. The molecule has 0 heterocycles. The van der Waals surface area contributed by atoms with E-state index in [2.05, 4.69) is 13.0 Å². The molecule has 2 rings (SSSR count). The maximum absolute atomic E-state index is 11.3. The summed E-state index contributed by atoms with van der Waals surface area (Å²) in [4.78, 5) is -0.0415. The molecule has 0 spiro atoms. The number of unbranched alkanes of at least 4 members (excludes halogenated alkanes) is 8. The summed E-state index contributed by atoms with van der Waals surface area (Å²) in [5.74, 6) is 0. The first-order valence-electron chi connectivity index (χ1n) is 9.51. The molecule has 1 N–H and O–H groups in total. The van der Waals surface area contributed by atoms with Gasteiger partial charge < -0.3 is 0 Å². The summed E-state index contributed by atoms with van der Waals surface area (Å²) in [5.41, 5.74) is 1.25. The van der Waals surface area contributed by atoms with Gasteiger partial charge in [-0.25, -0.2) is 0 Å². The molecule has 0 aliphatic rings. The Balaban J connectivity index is 1.83. The lowest BCUT2D eigenvalue weighted by Gasteiger charge is -2.08. The van der Waals surface area contributed by atoms with Crippen molar-refractivity contribution in [3.63, 3.8) is 0 Å². The van der Waals surface area contributed by atoms with Crippen molar-refractivity contribution in [2.24, 2.45) is 0 Å². The van der Waals surface area contributed by atoms with E-state index in [4.69, 9.17) is 0 Å². The van der Waals surface area contributed by atoms with Crippen molar-refractivity contribution in [2.75, 3.05) is 0 Å². The Labute approximate surface area is 152 Å². The molecule has 0 saturated heterocycles. The van der Waals surface area contributed by atoms with Crippen LogP contribution in [0.15, 0.2) is 41.3 Å². The van der Waals surface area contributed by atoms with Gasteiger partial charge in [-0.1, -0.05) is 82.6 Å². The van der Waals surface area contributed by atoms with Gasteiger partial charge in [-0.05, 0) is 41.3 Å². The lowest BCUT2D eigenvalue weighted by molar-refractivity contribution is 0.483. The average Bonchev–Trinajstić information content (AvgIpc) is 2.59. The van der Waals surface area contributed by atoms with Gasteiger partial charge in [-0.15, -0.1) is 0 Å². The van der Waals surface area contributed by atoms with Crippen molar-refractivity contribution in [2.45, 2.75) is 76.0 Å². The topological polar surface area (TPSA) is 54.4 Å². The molecule has 0 aromatic heterocycles. The molecule has 0 bridgehead atoms. The zero-order chi connectivity index (χ0) is 18.1. The van der Waals surface area contributed by atoms with E-state index in [1.807, 2.05) is 18.2 Å². The van der Waals surface area contributed by atoms with E-state index in [9.17, 15) is 13.0 Å². The normalized spacial score (nSPS) is 11.9. The Kier molecular flexibility index (Phi) is 7.91. The number of fused-ring (bicyclic) bond motifs is 1. The second-order valence-electron chi connectivity index (χ2n) is 6.85. The van der Waals surface area contributed by atoms with Crippen LogP contribution in [0.5, 0.6) is 0 Å². The second-order valence-corrected chi connectivity index (χ2v) is 8.28. The molecule has 0 aliphatic heterocycles. The van der Waals surface area contributed by atoms with Crippen LogP contribution in [-0.4, -0.2) is 13.0 Å². The average molecular weight is 363 g/mol. The van der Waals surface area contributed by atoms with Crippen LogP contribution in [0.2, 0.25) is 0 Å². The van der Waals surface area contributed by atoms with Crippen LogP contribution in [0.25, 0.3) is 10.8 Å². The van der Waals surface area contributed by atoms with Gasteiger partial charge in [0.1, 0.15) is 0 Å². The quantitative estimate of drug-likeness (QED) is 0.385. The molecule has 3 nitrogen and oxygen atoms in total. The highest BCUT2D eigenvalue weighted by Gasteiger charge is 2.10. The number of benzene rings is 2. The Morgan fingerprint density at radius 3 is 2.12 bits per heavy atom. The molecule has 0 saturated carbocycles. The van der Waals surface area contributed by atoms with Gasteiger partial charge in [0, 0.05) is 0 Å². The highest BCUT2D eigenvalue weighted by atomic mass is 32.2. The molecule has 0 atom stereocenters. The zero-order valence-corrected chi connectivity index (χ0v) is 16.0. The maximum atomic E-state index is 11.3. The van der Waals surface area contributed by atoms with Crippen molar-refractivity contribution in [3.8, 4) is 0 Å². The van der Waals surface area contributed by atoms with Crippen LogP contribution in [-0.2, 0) is 16.5 Å². The van der Waals surface area contributed by atoms with E-state index in [0.29, 0.717) is 0 Å². The number of aryl methyl sites for hydroxylation is 1. The van der Waals surface area contributed by atoms with Crippen molar-refractivity contribution < 1.29 is 13.0 Å². The number of hydrogen-bond acceptors (Lipinski definition) is 2. The SMILES string of the molecule is CCCCCCCCCCCc1cccc2cc(S(=O)(=O)O)ccc12. The van der Waals surface area contributed by atoms with Crippen molar-refractivity contribution in [1.82, 2.24) is 0 Å². The van der Waals surface area contributed by atoms with Gasteiger partial charge in [-0.3, -0.25) is 4.55 Å². The molecule has 2 aromatic carbocycles. The van der Waals surface area contributed by atoms with Crippen LogP contribution >= 0.6 is 0 Å². The standard InChI is InChI=1S/C21H30O3S/c1-2-3-4-5-6-7-8-9-10-12-18-13-11-14-19-17-20(25(22,23)24)15-16-21(18)19/h11,13-17H,2-10,12H2,1H3,(H,22,23,24). The van der Waals surface area contributed by atoms with Crippen molar-refractivity contribution >= 4 is 20.9 Å². The Morgan fingerprint density at radius 1 is 0.840 bits per heavy atom. The molecule has 138 valence electrons. The molecule has 2 aromatic rings. The van der Waals surface area contributed by atoms with Gasteiger partial charge in [0.2, 0.25) is 0 Å². The third kappa shape index (κ3) is 6.44. The van der Waals surface area contributed by atoms with Crippen LogP contribution in [0, 0.1) is 0 Å². The van der Waals surface area contributed by atoms with E-state index >= 15 is 0 Å². The number of hydrogen-bond donors (Lipinski definition) is 1. The Hall–Kier alpha value is -1.39. The first-order chi connectivity index (χ1) is 12.0. The first kappa shape index (κ1) is 19.9. The van der Waals surface area contributed by atoms with E-state index in [-0.39, 0.29) is 4.90 Å². The highest BCUT2D eigenvalue weighted by Crippen LogP contribution is 2.24. The Morgan fingerprint density at radius 2 is 1.48 bits per heavy atom. The Bertz CT molecular complexity index is 766. The van der Waals surface area contributed by atoms with E-state index in [0.717, 1.165) is 23.6 Å². The van der Waals surface area contributed by atoms with Gasteiger partial charge in [0.15, 0.2) is 0 Å². The molecule has 0 unspecified atom stereocenters. The molecule has 4 heteroatoms. The fraction of sp³-hybridized carbons (Fsp3) is 0.524. The molecule has 0 aliphatic carbocycles. The van der Waals surface area contributed by atoms with E-state index < -0.39 is 10.1 Å². The van der Waals surface area contributed by atoms with Crippen LogP contribution in [0.3, 0.4) is 0 Å². The minimum Gasteiger partial charge on any atom is -0.282 e. The minimum absolute atomic E-state index is 0.0415. The zero-order valence-electron chi connectivity index (χ0n) is 15.2. The lowest BCUT2D eigenvalue weighted by Crippen LogP contribution is -1.98. The highest BCUT2D eigenvalue weighted by molar-refractivity contribution is 7.85. The largest absolute Gasteiger partial charge is 0.294 e. The molecule has 0 fully saturated rings. The lowest BCUT2D eigenvalue weighted by atomic mass is 9.99. The molecule has 0 amide bonds. The van der Waals surface area contributed by atoms with Gasteiger partial charge >= 0.3 is 0 Å². The van der Waals surface area contributed by atoms with Gasteiger partial charge in [0.05, 0.1) is 4.90 Å². The van der Waals surface area contributed by atoms with Gasteiger partial charge in [-0.2, -0.15) is 8.42 Å². The predicted molar refractivity (Wildman–Crippen MR) is 105 cm³/mol. The molecular weight excluding hydrogens is 332 g/mol. The molecule has 0 radical (unpaired) electrons. The summed E-state index contributed by atoms with van der Waals surface area (Å²) in [6, 6.07) is 10.8. The van der Waals surface area contributed by atoms with Gasteiger partial charge in [0.25, 0.3) is 10.1 Å². The summed E-state index contributed by atoms with van der Waals surface area (Å²) in [6.45, 7) is 2.25. The fourth-order valence-corrected chi connectivity index (χ4v) is 3.85. The minimum atomic E-state index is -4.14. The monoisotopic (exact) mass is 362 g/mol. The summed E-state index contributed by atoms with van der Waals surface area (Å²) in [7, 11) is -4.14. The van der Waals surface area contributed by atoms with Crippen LogP contribution in [0.1, 0.15) is 70.3 Å². The fourth-order valence-electron chi connectivity index (χ4n) is 3.33. The third-order valence-electron chi connectivity index (χ3n) is 4.79. The van der Waals surface area contributed by atoms with E-state index in [1.54, 1.807) is 6.07 Å². The smallest absolute Gasteiger partial charge is 0.282 e. The third-order valence-corrected chi connectivity index (χ3v) is 5.64. The predicted octanol–water partition coefficient (Wildman–Crippen LogP) is 6.16. The van der Waals surface area contributed by atoms with Crippen molar-refractivity contribution in [1.29, 1.82) is 0 Å². The maximum Gasteiger partial charge on any atom is 0.294 e. The second kappa shape index (κ2) is 9.93. The van der Waals surface area contributed by atoms with Crippen LogP contribution < -0.4 is 0 Å². The van der Waals surface area contributed by atoms with Crippen LogP contribution in [0.4, 0.5) is 0 Å². The summed E-state index contributed by atoms with van der Waals surface area (Å²) in [6.07, 6.45) is 12.8. The van der Waals surface area contributed by atoms with Crippen molar-refractivity contribution in [3.05, 3.63) is 42.0 Å². The first-order valence-corrected chi connectivity index (χ1v) is 11.0. The summed E-state index contributed by atoms with van der Waals surface area (Å²) >= 11 is 0. The summed E-state index contributed by atoms with van der Waals surface area (Å²) < 4.78 is 31.7. The molecular formula is C21H30O3S. The van der Waals surface area contributed by atoms with E-state index in [1.165, 1.54) is 63.0 Å².